The zero-order chi connectivity index (χ0) is 13.7. The van der Waals surface area contributed by atoms with E-state index in [2.05, 4.69) is 5.32 Å². The smallest absolute Gasteiger partial charge is 0.151 e. The van der Waals surface area contributed by atoms with Crippen molar-refractivity contribution in [2.24, 2.45) is 0 Å². The van der Waals surface area contributed by atoms with E-state index in [0.717, 1.165) is 12.1 Å². The van der Waals surface area contributed by atoms with E-state index in [9.17, 15) is 8.78 Å². The van der Waals surface area contributed by atoms with E-state index in [-0.39, 0.29) is 17.9 Å². The highest BCUT2D eigenvalue weighted by molar-refractivity contribution is 5.54. The lowest BCUT2D eigenvalue weighted by Gasteiger charge is -2.10. The van der Waals surface area contributed by atoms with Gasteiger partial charge in [0.1, 0.15) is 18.0 Å². The number of hydrogen-bond donors (Lipinski definition) is 2. The summed E-state index contributed by atoms with van der Waals surface area (Å²) in [7, 11) is 0. The van der Waals surface area contributed by atoms with Crippen LogP contribution in [0, 0.1) is 11.6 Å². The molecular weight excluding hydrogens is 250 g/mol. The normalized spacial score (nSPS) is 10.2. The van der Waals surface area contributed by atoms with Crippen molar-refractivity contribution >= 4 is 11.4 Å². The molecule has 3 nitrogen and oxygen atoms in total. The third-order valence-electron chi connectivity index (χ3n) is 2.48. The molecule has 0 unspecified atom stereocenters. The van der Waals surface area contributed by atoms with Crippen molar-refractivity contribution in [2.75, 3.05) is 24.2 Å². The topological polar surface area (TPSA) is 47.3 Å². The first-order valence-electron chi connectivity index (χ1n) is 5.83. The molecule has 0 aliphatic carbocycles. The Balaban J connectivity index is 1.86. The maximum Gasteiger partial charge on any atom is 0.151 e. The van der Waals surface area contributed by atoms with E-state index < -0.39 is 11.6 Å². The van der Waals surface area contributed by atoms with Crippen molar-refractivity contribution in [3.63, 3.8) is 0 Å². The number of benzene rings is 2. The summed E-state index contributed by atoms with van der Waals surface area (Å²) in [6.07, 6.45) is 0. The van der Waals surface area contributed by atoms with Crippen LogP contribution >= 0.6 is 0 Å². The van der Waals surface area contributed by atoms with Gasteiger partial charge in [-0.3, -0.25) is 0 Å². The molecule has 19 heavy (non-hydrogen) atoms. The number of anilines is 2. The first-order chi connectivity index (χ1) is 9.16. The number of ether oxygens (including phenoxy) is 1. The Morgan fingerprint density at radius 3 is 2.32 bits per heavy atom. The third-order valence-corrected chi connectivity index (χ3v) is 2.48. The van der Waals surface area contributed by atoms with Crippen LogP contribution in [0.25, 0.3) is 0 Å². The van der Waals surface area contributed by atoms with Gasteiger partial charge in [-0.2, -0.15) is 0 Å². The number of nitrogen functional groups attached to an aromatic ring is 1. The van der Waals surface area contributed by atoms with Gasteiger partial charge in [0.25, 0.3) is 0 Å². The summed E-state index contributed by atoms with van der Waals surface area (Å²) in [5, 5.41) is 2.65. The molecule has 0 saturated heterocycles. The van der Waals surface area contributed by atoms with Gasteiger partial charge in [-0.05, 0) is 24.3 Å². The number of nitrogens with two attached hydrogens (primary N) is 1. The third kappa shape index (κ3) is 3.58. The second-order valence-corrected chi connectivity index (χ2v) is 3.95. The van der Waals surface area contributed by atoms with Crippen LogP contribution in [0.4, 0.5) is 20.2 Å². The molecule has 0 aromatic heterocycles. The van der Waals surface area contributed by atoms with Crippen LogP contribution in [0.5, 0.6) is 5.75 Å². The predicted molar refractivity (Wildman–Crippen MR) is 71.2 cm³/mol. The van der Waals surface area contributed by atoms with Crippen LogP contribution in [-0.2, 0) is 0 Å². The van der Waals surface area contributed by atoms with Crippen molar-refractivity contribution in [2.45, 2.75) is 0 Å². The van der Waals surface area contributed by atoms with Gasteiger partial charge in [0, 0.05) is 12.2 Å². The molecule has 0 atom stereocenters. The van der Waals surface area contributed by atoms with Gasteiger partial charge in [-0.25, -0.2) is 8.78 Å². The molecule has 0 radical (unpaired) electrons. The van der Waals surface area contributed by atoms with E-state index in [1.54, 1.807) is 0 Å². The van der Waals surface area contributed by atoms with Crippen molar-refractivity contribution in [3.05, 3.63) is 54.1 Å². The molecule has 2 rings (SSSR count). The van der Waals surface area contributed by atoms with E-state index in [1.165, 1.54) is 0 Å². The van der Waals surface area contributed by atoms with Crippen LogP contribution < -0.4 is 15.8 Å². The van der Waals surface area contributed by atoms with Crippen molar-refractivity contribution in [3.8, 4) is 5.75 Å². The van der Waals surface area contributed by atoms with Gasteiger partial charge >= 0.3 is 0 Å². The zero-order valence-corrected chi connectivity index (χ0v) is 10.2. The molecule has 2 aromatic carbocycles. The van der Waals surface area contributed by atoms with Crippen molar-refractivity contribution < 1.29 is 13.5 Å². The van der Waals surface area contributed by atoms with Gasteiger partial charge in [-0.15, -0.1) is 0 Å². The molecule has 0 heterocycles. The fraction of sp³-hybridized carbons (Fsp3) is 0.143. The highest BCUT2D eigenvalue weighted by Gasteiger charge is 2.09. The lowest BCUT2D eigenvalue weighted by molar-refractivity contribution is 0.332. The summed E-state index contributed by atoms with van der Waals surface area (Å²) in [6, 6.07) is 11.3. The van der Waals surface area contributed by atoms with Crippen LogP contribution in [0.1, 0.15) is 0 Å². The molecule has 0 aliphatic rings. The lowest BCUT2D eigenvalue weighted by Crippen LogP contribution is -2.13. The molecule has 0 aliphatic heterocycles. The van der Waals surface area contributed by atoms with Gasteiger partial charge in [0.2, 0.25) is 0 Å². The average molecular weight is 264 g/mol. The Hall–Kier alpha value is -2.30. The quantitative estimate of drug-likeness (QED) is 0.644. The van der Waals surface area contributed by atoms with E-state index in [0.29, 0.717) is 12.4 Å². The minimum absolute atomic E-state index is 0.0566. The Morgan fingerprint density at radius 2 is 1.68 bits per heavy atom. The molecule has 3 N–H and O–H groups in total. The minimum atomic E-state index is -0.711. The van der Waals surface area contributed by atoms with Gasteiger partial charge in [0.05, 0.1) is 0 Å². The molecular formula is C14H14F2N2O. The van der Waals surface area contributed by atoms with Gasteiger partial charge in [0.15, 0.2) is 11.6 Å². The van der Waals surface area contributed by atoms with E-state index in [4.69, 9.17) is 10.5 Å². The van der Waals surface area contributed by atoms with Crippen LogP contribution in [0.3, 0.4) is 0 Å². The number of halogens is 2. The second kappa shape index (κ2) is 6.04. The molecule has 0 amide bonds. The number of nitrogens with one attached hydrogen (secondary N) is 1. The van der Waals surface area contributed by atoms with Crippen LogP contribution in [0.2, 0.25) is 0 Å². The van der Waals surface area contributed by atoms with Crippen molar-refractivity contribution in [1.82, 2.24) is 0 Å². The first-order valence-corrected chi connectivity index (χ1v) is 5.83. The average Bonchev–Trinajstić information content (AvgIpc) is 2.38. The minimum Gasteiger partial charge on any atom is -0.492 e. The Bertz CT molecular complexity index is 523. The zero-order valence-electron chi connectivity index (χ0n) is 10.2. The number of hydrogen-bond acceptors (Lipinski definition) is 3. The van der Waals surface area contributed by atoms with Gasteiger partial charge in [-0.1, -0.05) is 18.2 Å². The number of para-hydroxylation sites is 1. The Labute approximate surface area is 110 Å². The fourth-order valence-corrected chi connectivity index (χ4v) is 1.62. The van der Waals surface area contributed by atoms with Crippen molar-refractivity contribution in [1.29, 1.82) is 0 Å². The predicted octanol–water partition coefficient (Wildman–Crippen LogP) is 3.04. The Kier molecular flexibility index (Phi) is 4.18. The van der Waals surface area contributed by atoms with E-state index in [1.807, 2.05) is 30.3 Å². The second-order valence-electron chi connectivity index (χ2n) is 3.95. The summed E-state index contributed by atoms with van der Waals surface area (Å²) in [6.45, 7) is 0.583. The highest BCUT2D eigenvalue weighted by atomic mass is 19.1. The SMILES string of the molecule is Nc1cc(F)c(NCCOc2ccccc2)c(F)c1. The number of rotatable bonds is 5. The summed E-state index contributed by atoms with van der Waals surface area (Å²) in [4.78, 5) is 0. The molecule has 0 saturated carbocycles. The summed E-state index contributed by atoms with van der Waals surface area (Å²) >= 11 is 0. The van der Waals surface area contributed by atoms with Crippen LogP contribution in [-0.4, -0.2) is 13.2 Å². The van der Waals surface area contributed by atoms with Gasteiger partial charge < -0.3 is 15.8 Å². The summed E-state index contributed by atoms with van der Waals surface area (Å²) < 4.78 is 32.3. The highest BCUT2D eigenvalue weighted by Crippen LogP contribution is 2.21. The standard InChI is InChI=1S/C14H14F2N2O/c15-12-8-10(17)9-13(16)14(12)18-6-7-19-11-4-2-1-3-5-11/h1-5,8-9,18H,6-7,17H2. The first kappa shape index (κ1) is 13.1. The maximum absolute atomic E-state index is 13.4. The summed E-state index contributed by atoms with van der Waals surface area (Å²) in [5.41, 5.74) is 5.19. The lowest BCUT2D eigenvalue weighted by atomic mass is 10.2. The molecule has 100 valence electrons. The molecule has 0 bridgehead atoms. The largest absolute Gasteiger partial charge is 0.492 e. The molecule has 5 heteroatoms. The molecule has 0 fully saturated rings. The fourth-order valence-electron chi connectivity index (χ4n) is 1.62. The molecule has 0 spiro atoms. The Morgan fingerprint density at radius 1 is 1.05 bits per heavy atom. The van der Waals surface area contributed by atoms with E-state index >= 15 is 0 Å². The maximum atomic E-state index is 13.4. The summed E-state index contributed by atoms with van der Waals surface area (Å²) in [5.74, 6) is -0.711. The molecule has 2 aromatic rings. The van der Waals surface area contributed by atoms with Crippen LogP contribution in [0.15, 0.2) is 42.5 Å². The monoisotopic (exact) mass is 264 g/mol.